The van der Waals surface area contributed by atoms with Crippen molar-refractivity contribution in [3.63, 3.8) is 0 Å². The molecular weight excluding hydrogens is 683 g/mol. The van der Waals surface area contributed by atoms with Gasteiger partial charge in [0.2, 0.25) is 0 Å². The van der Waals surface area contributed by atoms with Gasteiger partial charge in [-0.2, -0.15) is 0 Å². The Labute approximate surface area is 720 Å². The van der Waals surface area contributed by atoms with Crippen molar-refractivity contribution in [3.8, 4) is 0 Å². The molecule has 0 N–H and O–H groups in total. The second-order valence-electron chi connectivity index (χ2n) is 0. The molecule has 0 aromatic rings. The summed E-state index contributed by atoms with van der Waals surface area (Å²) in [6, 6.07) is 0. The Hall–Kier alpha value is 23.4. The van der Waals surface area contributed by atoms with E-state index in [1.165, 1.54) is 0 Å². The topological polar surface area (TPSA) is 0 Å². The van der Waals surface area contributed by atoms with Crippen molar-refractivity contribution in [2.45, 2.75) is 0 Å². The van der Waals surface area contributed by atoms with Crippen LogP contribution in [0.5, 0.6) is 0 Å². The van der Waals surface area contributed by atoms with Crippen molar-refractivity contribution in [2.24, 2.45) is 0 Å². The Morgan fingerprint density at radius 1 is 0.111 bits per heavy atom. The van der Waals surface area contributed by atoms with Gasteiger partial charge in [0.1, 0.15) is 0 Å². The van der Waals surface area contributed by atoms with Crippen LogP contribution in [-0.2, 0) is 0 Å². The van der Waals surface area contributed by atoms with Crippen LogP contribution < -0.4 is 650 Å². The van der Waals surface area contributed by atoms with Crippen LogP contribution in [0.1, 0.15) is 31.4 Å². The molecule has 0 aromatic carbocycles. The minimum atomic E-state index is 0. The fraction of sp³-hybridized carbons (Fsp3) is 0. The van der Waals surface area contributed by atoms with Crippen LogP contribution in [-0.4, -0.2) is 0 Å². The van der Waals surface area contributed by atoms with E-state index in [0.717, 1.165) is 0 Å². The average molecular weight is 710 g/mol. The molecule has 27 heteroatoms. The quantitative estimate of drug-likeness (QED) is 0.220. The molecule has 0 spiro atoms. The van der Waals surface area contributed by atoms with E-state index in [1.807, 2.05) is 0 Å². The molecule has 0 heterocycles. The van der Waals surface area contributed by atoms with Gasteiger partial charge in [0.25, 0.3) is 0 Å². The molecule has 84 valence electrons. The zero-order chi connectivity index (χ0) is 0. The van der Waals surface area contributed by atoms with Gasteiger partial charge in [-0.3, -0.25) is 0 Å². The molecule has 0 aliphatic heterocycles. The predicted octanol–water partition coefficient (Wildman–Crippen LogP) is -61.3. The zero-order valence-electron chi connectivity index (χ0n) is 46.0. The van der Waals surface area contributed by atoms with Crippen molar-refractivity contribution in [1.29, 1.82) is 0 Å². The van der Waals surface area contributed by atoms with Crippen LogP contribution >= 0.6 is 62.0 Å². The van der Waals surface area contributed by atoms with Crippen LogP contribution in [0.25, 0.3) is 0 Å². The maximum absolute atomic E-state index is 0. The van der Waals surface area contributed by atoms with E-state index in [1.54, 1.807) is 0 Å². The number of hydrogen-bond donors (Lipinski definition) is 0. The summed E-state index contributed by atoms with van der Waals surface area (Å²) in [6.07, 6.45) is 0. The summed E-state index contributed by atoms with van der Waals surface area (Å²) in [6.45, 7) is 0. The van der Waals surface area contributed by atoms with Gasteiger partial charge in [0, 0.05) is 0 Å². The monoisotopic (exact) mass is 708 g/mol. The molecule has 0 radical (unpaired) electrons. The number of rotatable bonds is 0. The van der Waals surface area contributed by atoms with Gasteiger partial charge in [-0.25, -0.2) is 0 Å². The maximum atomic E-state index is 0. The van der Waals surface area contributed by atoms with E-state index in [4.69, 9.17) is 0 Å². The smallest absolute Gasteiger partial charge is 1.00 e. The Bertz CT molecular complexity index is 67.3. The minimum Gasteiger partial charge on any atom is -1.00 e. The average Bonchev–Trinajstić information content (AvgIpc) is 0. The van der Waals surface area contributed by atoms with Crippen LogP contribution in [0.3, 0.4) is 0 Å². The van der Waals surface area contributed by atoms with Crippen molar-refractivity contribution in [2.75, 3.05) is 0 Å². The summed E-state index contributed by atoms with van der Waals surface area (Å²) in [5, 5.41) is 0. The summed E-state index contributed by atoms with van der Waals surface area (Å²) < 4.78 is 0. The van der Waals surface area contributed by atoms with E-state index in [2.05, 4.69) is 0 Å². The third-order valence-electron chi connectivity index (χ3n) is 0. The van der Waals surface area contributed by atoms with Gasteiger partial charge in [-0.05, 0) is 0 Å². The Morgan fingerprint density at radius 3 is 0.111 bits per heavy atom. The molecule has 0 rings (SSSR count). The number of hydrogen-bond acceptors (Lipinski definition) is 0. The van der Waals surface area contributed by atoms with Gasteiger partial charge in [0.05, 0.1) is 0 Å². The van der Waals surface area contributed by atoms with E-state index >= 15 is 0 Å². The Morgan fingerprint density at radius 2 is 0.111 bits per heavy atom. The van der Waals surface area contributed by atoms with Gasteiger partial charge < -0.3 is 31.4 Å². The molecule has 0 aliphatic carbocycles. The standard InChI is InChI=1S/5ClH.22Na.22H/h5*1H;;;;;;;;;;;;;;;;;;;;;;;;;;;;;;;;;;;;;;;;;;;;/q;;;;;22*+1;22*-1. The van der Waals surface area contributed by atoms with Gasteiger partial charge in [-0.1, -0.05) is 0 Å². The third kappa shape index (κ3) is 202. The molecule has 0 aromatic heterocycles. The van der Waals surface area contributed by atoms with Crippen molar-refractivity contribution >= 4 is 62.0 Å². The van der Waals surface area contributed by atoms with Crippen LogP contribution in [0.2, 0.25) is 0 Å². The molecule has 0 amide bonds. The van der Waals surface area contributed by atoms with Crippen LogP contribution in [0.4, 0.5) is 0 Å². The van der Waals surface area contributed by atoms with Crippen LogP contribution in [0.15, 0.2) is 0 Å². The van der Waals surface area contributed by atoms with Crippen molar-refractivity contribution in [3.05, 3.63) is 0 Å². The first-order chi connectivity index (χ1) is 0. The molecule has 0 nitrogen and oxygen atoms in total. The molecule has 0 bridgehead atoms. The Balaban J connectivity index is 0. The summed E-state index contributed by atoms with van der Waals surface area (Å²) >= 11 is 0. The fourth-order valence-corrected chi connectivity index (χ4v) is 0. The third-order valence-corrected chi connectivity index (χ3v) is 0. The second kappa shape index (κ2) is 211. The first-order valence-corrected chi connectivity index (χ1v) is 0. The van der Waals surface area contributed by atoms with Crippen molar-refractivity contribution < 1.29 is 682 Å². The SMILES string of the molecule is Cl.Cl.Cl.Cl.Cl.[H-].[H-].[H-].[H-].[H-].[H-].[H-].[H-].[H-].[H-].[H-].[H-].[H-].[H-].[H-].[H-].[H-].[H-].[H-].[H-].[H-].[H-].[Na+].[Na+].[Na+].[Na+].[Na+].[Na+].[Na+].[Na+].[Na+].[Na+].[Na+].[Na+].[Na+].[Na+].[Na+].[Na+].[Na+].[Na+].[Na+].[Na+].[Na+].[Na+]. The van der Waals surface area contributed by atoms with Gasteiger partial charge in [-0.15, -0.1) is 62.0 Å². The molecule has 0 atom stereocenters. The van der Waals surface area contributed by atoms with E-state index in [0.29, 0.717) is 0 Å². The zero-order valence-corrected chi connectivity index (χ0v) is 72.1. The van der Waals surface area contributed by atoms with Crippen molar-refractivity contribution in [1.82, 2.24) is 0 Å². The fourth-order valence-electron chi connectivity index (χ4n) is 0. The van der Waals surface area contributed by atoms with Gasteiger partial charge >= 0.3 is 650 Å². The molecule has 27 heavy (non-hydrogen) atoms. The molecule has 0 unspecified atom stereocenters. The Kier molecular flexibility index (Phi) is 1750. The van der Waals surface area contributed by atoms with E-state index in [-0.39, 0.29) is 744 Å². The van der Waals surface area contributed by atoms with Crippen LogP contribution in [0, 0.1) is 0 Å². The summed E-state index contributed by atoms with van der Waals surface area (Å²) in [5.74, 6) is 0. The summed E-state index contributed by atoms with van der Waals surface area (Å²) in [7, 11) is 0. The second-order valence-corrected chi connectivity index (χ2v) is 0. The van der Waals surface area contributed by atoms with E-state index in [9.17, 15) is 0 Å². The van der Waals surface area contributed by atoms with Gasteiger partial charge in [0.15, 0.2) is 0 Å². The molecule has 0 saturated heterocycles. The summed E-state index contributed by atoms with van der Waals surface area (Å²) in [5.41, 5.74) is 0. The molecule has 0 aliphatic rings. The minimum absolute atomic E-state index is 0. The first-order valence-electron chi connectivity index (χ1n) is 0. The largest absolute Gasteiger partial charge is 1.00 e. The number of halogens is 5. The predicted molar refractivity (Wildman–Crippen MR) is 60.7 cm³/mol. The maximum Gasteiger partial charge on any atom is 1.00 e. The summed E-state index contributed by atoms with van der Waals surface area (Å²) in [4.78, 5) is 0. The normalized spacial score (nSPS) is 0. The molecule has 0 saturated carbocycles. The molecular formula is H27Cl5Na22. The van der Waals surface area contributed by atoms with E-state index < -0.39 is 0 Å². The molecule has 0 fully saturated rings. The first kappa shape index (κ1) is 224.